The number of carbonyl (C=O) groups is 1. The Hall–Kier alpha value is -1.19. The van der Waals surface area contributed by atoms with Crippen molar-refractivity contribution in [2.24, 2.45) is 11.8 Å². The Labute approximate surface area is 127 Å². The lowest BCUT2D eigenvalue weighted by Gasteiger charge is -2.54. The van der Waals surface area contributed by atoms with Gasteiger partial charge in [-0.25, -0.2) is 0 Å². The lowest BCUT2D eigenvalue weighted by Crippen LogP contribution is -2.58. The molecule has 0 spiro atoms. The number of fused-ring (bicyclic) bond motifs is 2. The Morgan fingerprint density at radius 3 is 2.52 bits per heavy atom. The molecule has 114 valence electrons. The first kappa shape index (κ1) is 14.7. The van der Waals surface area contributed by atoms with Crippen LogP contribution in [0.5, 0.6) is 0 Å². The summed E-state index contributed by atoms with van der Waals surface area (Å²) in [6.45, 7) is 3.79. The maximum absolute atomic E-state index is 11.7. The zero-order valence-electron chi connectivity index (χ0n) is 13.3. The van der Waals surface area contributed by atoms with Crippen LogP contribution < -0.4 is 0 Å². The number of hydrogen-bond donors (Lipinski definition) is 0. The van der Waals surface area contributed by atoms with Gasteiger partial charge in [0.15, 0.2) is 5.78 Å². The highest BCUT2D eigenvalue weighted by atomic mass is 16.5. The summed E-state index contributed by atoms with van der Waals surface area (Å²) in [6, 6.07) is 8.11. The minimum atomic E-state index is -0.212. The van der Waals surface area contributed by atoms with Crippen LogP contribution in [0.15, 0.2) is 24.3 Å². The molecular formula is C18H25NO2. The van der Waals surface area contributed by atoms with Crippen LogP contribution in [0.1, 0.15) is 42.1 Å². The number of benzene rings is 1. The quantitative estimate of drug-likeness (QED) is 0.800. The van der Waals surface area contributed by atoms with Gasteiger partial charge in [0.2, 0.25) is 0 Å². The largest absolute Gasteiger partial charge is 0.373 e. The number of methoxy groups -OCH3 is 1. The SMILES string of the molecule is COC1(c2cccc(C(C)=O)c2)C2CCCC1CN(C)C2. The Balaban J connectivity index is 2.07. The van der Waals surface area contributed by atoms with Gasteiger partial charge in [-0.1, -0.05) is 24.6 Å². The van der Waals surface area contributed by atoms with Crippen LogP contribution in [-0.2, 0) is 10.3 Å². The van der Waals surface area contributed by atoms with Crippen molar-refractivity contribution in [1.29, 1.82) is 0 Å². The summed E-state index contributed by atoms with van der Waals surface area (Å²) >= 11 is 0. The molecule has 1 aromatic rings. The van der Waals surface area contributed by atoms with Gasteiger partial charge >= 0.3 is 0 Å². The van der Waals surface area contributed by atoms with Gasteiger partial charge in [-0.2, -0.15) is 0 Å². The number of rotatable bonds is 3. The van der Waals surface area contributed by atoms with Crippen molar-refractivity contribution in [2.75, 3.05) is 27.2 Å². The molecule has 2 unspecified atom stereocenters. The van der Waals surface area contributed by atoms with E-state index in [4.69, 9.17) is 4.74 Å². The van der Waals surface area contributed by atoms with Gasteiger partial charge in [0.1, 0.15) is 5.60 Å². The van der Waals surface area contributed by atoms with Gasteiger partial charge in [0.05, 0.1) is 0 Å². The lowest BCUT2D eigenvalue weighted by atomic mass is 9.62. The number of ketones is 1. The van der Waals surface area contributed by atoms with E-state index >= 15 is 0 Å². The number of ether oxygens (including phenoxy) is 1. The summed E-state index contributed by atoms with van der Waals surface area (Å²) in [6.07, 6.45) is 3.71. The van der Waals surface area contributed by atoms with Gasteiger partial charge in [0.25, 0.3) is 0 Å². The smallest absolute Gasteiger partial charge is 0.159 e. The van der Waals surface area contributed by atoms with E-state index in [2.05, 4.69) is 24.1 Å². The molecule has 2 bridgehead atoms. The molecule has 0 N–H and O–H groups in total. The molecule has 2 aliphatic rings. The van der Waals surface area contributed by atoms with E-state index < -0.39 is 0 Å². The van der Waals surface area contributed by atoms with Crippen molar-refractivity contribution < 1.29 is 9.53 Å². The van der Waals surface area contributed by atoms with Gasteiger partial charge in [0, 0.05) is 37.6 Å². The molecule has 1 aliphatic carbocycles. The first-order chi connectivity index (χ1) is 10.1. The van der Waals surface area contributed by atoms with E-state index in [0.717, 1.165) is 18.7 Å². The first-order valence-corrected chi connectivity index (χ1v) is 7.93. The van der Waals surface area contributed by atoms with Gasteiger partial charge in [-0.15, -0.1) is 0 Å². The number of carbonyl (C=O) groups excluding carboxylic acids is 1. The third kappa shape index (κ3) is 2.33. The Morgan fingerprint density at radius 1 is 1.29 bits per heavy atom. The van der Waals surface area contributed by atoms with E-state index in [1.165, 1.54) is 24.8 Å². The van der Waals surface area contributed by atoms with Crippen molar-refractivity contribution in [2.45, 2.75) is 31.8 Å². The monoisotopic (exact) mass is 287 g/mol. The second kappa shape index (κ2) is 5.54. The molecular weight excluding hydrogens is 262 g/mol. The van der Waals surface area contributed by atoms with Gasteiger partial charge in [-0.05, 0) is 38.4 Å². The maximum Gasteiger partial charge on any atom is 0.159 e. The van der Waals surface area contributed by atoms with Crippen molar-refractivity contribution in [3.05, 3.63) is 35.4 Å². The molecule has 3 nitrogen and oxygen atoms in total. The van der Waals surface area contributed by atoms with Crippen molar-refractivity contribution in [3.8, 4) is 0 Å². The predicted octanol–water partition coefficient (Wildman–Crippen LogP) is 3.09. The fourth-order valence-corrected chi connectivity index (χ4v) is 4.56. The van der Waals surface area contributed by atoms with Crippen LogP contribution >= 0.6 is 0 Å². The third-order valence-corrected chi connectivity index (χ3v) is 5.44. The fourth-order valence-electron chi connectivity index (χ4n) is 4.56. The van der Waals surface area contributed by atoms with Crippen LogP contribution in [0, 0.1) is 11.8 Å². The van der Waals surface area contributed by atoms with Crippen LogP contribution in [0.25, 0.3) is 0 Å². The summed E-state index contributed by atoms with van der Waals surface area (Å²) in [5.74, 6) is 1.16. The highest BCUT2D eigenvalue weighted by molar-refractivity contribution is 5.94. The Bertz CT molecular complexity index is 526. The molecule has 1 aliphatic heterocycles. The third-order valence-electron chi connectivity index (χ3n) is 5.44. The van der Waals surface area contributed by atoms with Crippen LogP contribution in [0.4, 0.5) is 0 Å². The fraction of sp³-hybridized carbons (Fsp3) is 0.611. The molecule has 3 rings (SSSR count). The van der Waals surface area contributed by atoms with Crippen molar-refractivity contribution in [1.82, 2.24) is 4.90 Å². The molecule has 21 heavy (non-hydrogen) atoms. The van der Waals surface area contributed by atoms with Crippen molar-refractivity contribution >= 4 is 5.78 Å². The van der Waals surface area contributed by atoms with E-state index in [1.807, 2.05) is 19.2 Å². The molecule has 0 radical (unpaired) electrons. The molecule has 1 heterocycles. The number of hydrogen-bond acceptors (Lipinski definition) is 3. The molecule has 0 amide bonds. The molecule has 2 atom stereocenters. The van der Waals surface area contributed by atoms with Gasteiger partial charge < -0.3 is 9.64 Å². The summed E-state index contributed by atoms with van der Waals surface area (Å²) in [7, 11) is 4.05. The number of piperidine rings is 1. The second-order valence-corrected chi connectivity index (χ2v) is 6.68. The van der Waals surface area contributed by atoms with E-state index in [9.17, 15) is 4.79 Å². The minimum Gasteiger partial charge on any atom is -0.373 e. The summed E-state index contributed by atoms with van der Waals surface area (Å²) in [5.41, 5.74) is 1.78. The van der Waals surface area contributed by atoms with E-state index in [1.54, 1.807) is 6.92 Å². The van der Waals surface area contributed by atoms with E-state index in [-0.39, 0.29) is 11.4 Å². The van der Waals surface area contributed by atoms with Crippen molar-refractivity contribution in [3.63, 3.8) is 0 Å². The molecule has 1 aromatic carbocycles. The molecule has 1 saturated carbocycles. The molecule has 0 aromatic heterocycles. The van der Waals surface area contributed by atoms with Gasteiger partial charge in [-0.3, -0.25) is 4.79 Å². The molecule has 3 heteroatoms. The van der Waals surface area contributed by atoms with E-state index in [0.29, 0.717) is 11.8 Å². The first-order valence-electron chi connectivity index (χ1n) is 7.93. The number of likely N-dealkylation sites (tertiary alicyclic amines) is 1. The average molecular weight is 287 g/mol. The molecule has 2 fully saturated rings. The predicted molar refractivity (Wildman–Crippen MR) is 83.5 cm³/mol. The summed E-state index contributed by atoms with van der Waals surface area (Å²) in [5, 5.41) is 0. The second-order valence-electron chi connectivity index (χ2n) is 6.68. The number of Topliss-reactive ketones (excluding diaryl/α,β-unsaturated/α-hetero) is 1. The highest BCUT2D eigenvalue weighted by Gasteiger charge is 2.52. The lowest BCUT2D eigenvalue weighted by molar-refractivity contribution is -0.165. The van der Waals surface area contributed by atoms with Crippen LogP contribution in [-0.4, -0.2) is 37.9 Å². The average Bonchev–Trinajstić information content (AvgIpc) is 2.46. The molecule has 1 saturated heterocycles. The van der Waals surface area contributed by atoms with Crippen LogP contribution in [0.3, 0.4) is 0 Å². The standard InChI is InChI=1S/C18H25NO2/c1-13(20)14-6-4-7-15(10-14)18(21-3)16-8-5-9-17(18)12-19(2)11-16/h4,6-7,10,16-17H,5,8-9,11-12H2,1-3H3. The maximum atomic E-state index is 11.7. The zero-order valence-corrected chi connectivity index (χ0v) is 13.3. The zero-order chi connectivity index (χ0) is 15.0. The normalized spacial score (nSPS) is 32.9. The Kier molecular flexibility index (Phi) is 3.89. The summed E-state index contributed by atoms with van der Waals surface area (Å²) < 4.78 is 6.18. The Morgan fingerprint density at radius 2 is 1.95 bits per heavy atom. The topological polar surface area (TPSA) is 29.5 Å². The number of nitrogens with zero attached hydrogens (tertiary/aromatic N) is 1. The summed E-state index contributed by atoms with van der Waals surface area (Å²) in [4.78, 5) is 14.2. The minimum absolute atomic E-state index is 0.126. The highest BCUT2D eigenvalue weighted by Crippen LogP contribution is 2.51. The van der Waals surface area contributed by atoms with Crippen LogP contribution in [0.2, 0.25) is 0 Å².